The highest BCUT2D eigenvalue weighted by molar-refractivity contribution is 5.40. The molecule has 2 aromatic rings. The monoisotopic (exact) mass is 254 g/mol. The molecule has 1 heteroatoms. The summed E-state index contributed by atoms with van der Waals surface area (Å²) in [6, 6.07) is 14.7. The van der Waals surface area contributed by atoms with Gasteiger partial charge >= 0.3 is 0 Å². The number of ether oxygens (including phenoxy) is 1. The van der Waals surface area contributed by atoms with E-state index in [1.807, 2.05) is 12.1 Å². The molecular weight excluding hydrogens is 232 g/mol. The van der Waals surface area contributed by atoms with Gasteiger partial charge in [-0.2, -0.15) is 0 Å². The van der Waals surface area contributed by atoms with Gasteiger partial charge in [0.25, 0.3) is 0 Å². The average molecular weight is 254 g/mol. The van der Waals surface area contributed by atoms with Crippen LogP contribution in [0.4, 0.5) is 0 Å². The Morgan fingerprint density at radius 3 is 2.32 bits per heavy atom. The predicted molar refractivity (Wildman–Crippen MR) is 81.0 cm³/mol. The van der Waals surface area contributed by atoms with E-state index >= 15 is 0 Å². The molecule has 0 saturated heterocycles. The van der Waals surface area contributed by atoms with Crippen LogP contribution in [0.15, 0.2) is 42.5 Å². The van der Waals surface area contributed by atoms with Crippen LogP contribution < -0.4 is 4.74 Å². The van der Waals surface area contributed by atoms with Crippen molar-refractivity contribution in [3.8, 4) is 11.5 Å². The topological polar surface area (TPSA) is 9.23 Å². The predicted octanol–water partition coefficient (Wildman–Crippen LogP) is 5.44. The Labute approximate surface area is 116 Å². The van der Waals surface area contributed by atoms with E-state index in [-0.39, 0.29) is 0 Å². The van der Waals surface area contributed by atoms with Crippen LogP contribution in [0.25, 0.3) is 0 Å². The van der Waals surface area contributed by atoms with Gasteiger partial charge < -0.3 is 4.74 Å². The van der Waals surface area contributed by atoms with E-state index in [0.717, 1.165) is 17.9 Å². The van der Waals surface area contributed by atoms with Crippen LogP contribution >= 0.6 is 0 Å². The van der Waals surface area contributed by atoms with E-state index in [2.05, 4.69) is 51.1 Å². The molecule has 0 aromatic heterocycles. The molecule has 19 heavy (non-hydrogen) atoms. The lowest BCUT2D eigenvalue weighted by molar-refractivity contribution is 0.478. The van der Waals surface area contributed by atoms with E-state index in [4.69, 9.17) is 4.74 Å². The van der Waals surface area contributed by atoms with Crippen molar-refractivity contribution >= 4 is 0 Å². The van der Waals surface area contributed by atoms with E-state index < -0.39 is 0 Å². The highest BCUT2D eigenvalue weighted by Gasteiger charge is 2.03. The molecule has 0 amide bonds. The first-order valence-electron chi connectivity index (χ1n) is 7.03. The summed E-state index contributed by atoms with van der Waals surface area (Å²) in [5.74, 6) is 1.85. The molecule has 2 aromatic carbocycles. The summed E-state index contributed by atoms with van der Waals surface area (Å²) < 4.78 is 5.92. The van der Waals surface area contributed by atoms with E-state index in [1.54, 1.807) is 0 Å². The van der Waals surface area contributed by atoms with E-state index in [9.17, 15) is 0 Å². The first-order valence-corrected chi connectivity index (χ1v) is 7.03. The second-order valence-electron chi connectivity index (χ2n) is 5.12. The van der Waals surface area contributed by atoms with E-state index in [1.165, 1.54) is 29.5 Å². The van der Waals surface area contributed by atoms with Gasteiger partial charge in [0.2, 0.25) is 0 Å². The Bertz CT molecular complexity index is 526. The van der Waals surface area contributed by atoms with Gasteiger partial charge in [0.15, 0.2) is 0 Å². The molecule has 1 nitrogen and oxygen atoms in total. The Kier molecular flexibility index (Phi) is 4.62. The third kappa shape index (κ3) is 3.85. The number of hydrogen-bond donors (Lipinski definition) is 0. The molecule has 0 atom stereocenters. The van der Waals surface area contributed by atoms with Crippen LogP contribution in [0.2, 0.25) is 0 Å². The molecule has 0 spiro atoms. The molecule has 100 valence electrons. The van der Waals surface area contributed by atoms with Crippen molar-refractivity contribution in [2.45, 2.75) is 40.0 Å². The largest absolute Gasteiger partial charge is 0.457 e. The minimum Gasteiger partial charge on any atom is -0.457 e. The number of unbranched alkanes of at least 4 members (excludes halogenated alkanes) is 1. The van der Waals surface area contributed by atoms with Crippen LogP contribution in [0.3, 0.4) is 0 Å². The van der Waals surface area contributed by atoms with Crippen LogP contribution in [0.5, 0.6) is 11.5 Å². The molecule has 0 heterocycles. The summed E-state index contributed by atoms with van der Waals surface area (Å²) in [5.41, 5.74) is 3.85. The summed E-state index contributed by atoms with van der Waals surface area (Å²) in [6.07, 6.45) is 3.64. The summed E-state index contributed by atoms with van der Waals surface area (Å²) >= 11 is 0. The Balaban J connectivity index is 2.10. The number of hydrogen-bond acceptors (Lipinski definition) is 1. The lowest BCUT2D eigenvalue weighted by atomic mass is 10.1. The zero-order chi connectivity index (χ0) is 13.7. The third-order valence-electron chi connectivity index (χ3n) is 3.31. The molecule has 0 radical (unpaired) electrons. The second kappa shape index (κ2) is 6.42. The van der Waals surface area contributed by atoms with Crippen molar-refractivity contribution in [2.24, 2.45) is 0 Å². The maximum absolute atomic E-state index is 5.92. The molecular formula is C18H22O. The fourth-order valence-electron chi connectivity index (χ4n) is 2.10. The maximum Gasteiger partial charge on any atom is 0.130 e. The SMILES string of the molecule is CCCCc1ccc(Oc2ccc(C)cc2)c(C)c1. The van der Waals surface area contributed by atoms with Gasteiger partial charge in [-0.25, -0.2) is 0 Å². The summed E-state index contributed by atoms with van der Waals surface area (Å²) in [6.45, 7) is 6.41. The average Bonchev–Trinajstić information content (AvgIpc) is 2.41. The van der Waals surface area contributed by atoms with Crippen molar-refractivity contribution < 1.29 is 4.74 Å². The minimum atomic E-state index is 0.898. The first kappa shape index (κ1) is 13.7. The zero-order valence-corrected chi connectivity index (χ0v) is 12.1. The molecule has 0 aliphatic rings. The summed E-state index contributed by atoms with van der Waals surface area (Å²) in [4.78, 5) is 0. The van der Waals surface area contributed by atoms with Gasteiger partial charge in [0.05, 0.1) is 0 Å². The molecule has 0 unspecified atom stereocenters. The molecule has 0 saturated carbocycles. The smallest absolute Gasteiger partial charge is 0.130 e. The first-order chi connectivity index (χ1) is 9.19. The Hall–Kier alpha value is -1.76. The van der Waals surface area contributed by atoms with Gasteiger partial charge in [-0.05, 0) is 56.0 Å². The van der Waals surface area contributed by atoms with Crippen LogP contribution in [0, 0.1) is 13.8 Å². The molecule has 0 bridgehead atoms. The summed E-state index contributed by atoms with van der Waals surface area (Å²) in [5, 5.41) is 0. The van der Waals surface area contributed by atoms with Gasteiger partial charge in [0, 0.05) is 0 Å². The number of rotatable bonds is 5. The van der Waals surface area contributed by atoms with E-state index in [0.29, 0.717) is 0 Å². The molecule has 0 N–H and O–H groups in total. The second-order valence-corrected chi connectivity index (χ2v) is 5.12. The number of aryl methyl sites for hydroxylation is 3. The fraction of sp³-hybridized carbons (Fsp3) is 0.333. The fourth-order valence-corrected chi connectivity index (χ4v) is 2.10. The lowest BCUT2D eigenvalue weighted by Crippen LogP contribution is -1.91. The van der Waals surface area contributed by atoms with Crippen LogP contribution in [0.1, 0.15) is 36.5 Å². The zero-order valence-electron chi connectivity index (χ0n) is 12.1. The standard InChI is InChI=1S/C18H22O/c1-4-5-6-16-9-12-18(15(3)13-16)19-17-10-7-14(2)8-11-17/h7-13H,4-6H2,1-3H3. The third-order valence-corrected chi connectivity index (χ3v) is 3.31. The molecule has 0 aliphatic carbocycles. The minimum absolute atomic E-state index is 0.898. The maximum atomic E-state index is 5.92. The van der Waals surface area contributed by atoms with Crippen molar-refractivity contribution in [1.29, 1.82) is 0 Å². The highest BCUT2D eigenvalue weighted by Crippen LogP contribution is 2.26. The van der Waals surface area contributed by atoms with Gasteiger partial charge in [-0.1, -0.05) is 43.2 Å². The number of benzene rings is 2. The van der Waals surface area contributed by atoms with Crippen molar-refractivity contribution in [3.63, 3.8) is 0 Å². The highest BCUT2D eigenvalue weighted by atomic mass is 16.5. The quantitative estimate of drug-likeness (QED) is 0.690. The van der Waals surface area contributed by atoms with Crippen molar-refractivity contribution in [3.05, 3.63) is 59.2 Å². The Morgan fingerprint density at radius 2 is 1.68 bits per heavy atom. The van der Waals surface area contributed by atoms with Crippen molar-refractivity contribution in [2.75, 3.05) is 0 Å². The summed E-state index contributed by atoms with van der Waals surface area (Å²) in [7, 11) is 0. The van der Waals surface area contributed by atoms with Crippen LogP contribution in [-0.4, -0.2) is 0 Å². The normalized spacial score (nSPS) is 10.5. The molecule has 0 fully saturated rings. The van der Waals surface area contributed by atoms with Crippen molar-refractivity contribution in [1.82, 2.24) is 0 Å². The van der Waals surface area contributed by atoms with Gasteiger partial charge in [-0.3, -0.25) is 0 Å². The van der Waals surface area contributed by atoms with Gasteiger partial charge in [-0.15, -0.1) is 0 Å². The lowest BCUT2D eigenvalue weighted by Gasteiger charge is -2.10. The Morgan fingerprint density at radius 1 is 0.947 bits per heavy atom. The molecule has 0 aliphatic heterocycles. The van der Waals surface area contributed by atoms with Crippen LogP contribution in [-0.2, 0) is 6.42 Å². The molecule has 2 rings (SSSR count). The van der Waals surface area contributed by atoms with Gasteiger partial charge in [0.1, 0.15) is 11.5 Å².